The molecule has 1 heterocycles. The van der Waals surface area contributed by atoms with Gasteiger partial charge in [-0.15, -0.1) is 0 Å². The number of fused-ring (bicyclic) bond motifs is 2. The predicted octanol–water partition coefficient (Wildman–Crippen LogP) is 1.42. The van der Waals surface area contributed by atoms with E-state index in [-0.39, 0.29) is 31.3 Å². The summed E-state index contributed by atoms with van der Waals surface area (Å²) in [5.74, 6) is -0.886. The predicted molar refractivity (Wildman–Crippen MR) is 102 cm³/mol. The van der Waals surface area contributed by atoms with Crippen LogP contribution in [0.25, 0.3) is 0 Å². The molecule has 2 amide bonds. The third kappa shape index (κ3) is 4.13. The van der Waals surface area contributed by atoms with E-state index in [1.807, 2.05) is 12.1 Å². The number of nitrogens with two attached hydrogens (primary N) is 1. The van der Waals surface area contributed by atoms with Crippen LogP contribution < -0.4 is 10.6 Å². The van der Waals surface area contributed by atoms with E-state index >= 15 is 0 Å². The van der Waals surface area contributed by atoms with E-state index in [4.69, 9.17) is 10.8 Å². The van der Waals surface area contributed by atoms with Crippen molar-refractivity contribution < 1.29 is 19.5 Å². The number of amides is 2. The smallest absolute Gasteiger partial charge is 0.305 e. The summed E-state index contributed by atoms with van der Waals surface area (Å²) in [6.07, 6.45) is 4.87. The molecule has 7 nitrogen and oxygen atoms in total. The van der Waals surface area contributed by atoms with E-state index in [0.29, 0.717) is 23.7 Å². The zero-order valence-corrected chi connectivity index (χ0v) is 15.7. The number of hydrogen-bond acceptors (Lipinski definition) is 4. The van der Waals surface area contributed by atoms with Crippen LogP contribution in [0, 0.1) is 5.92 Å². The van der Waals surface area contributed by atoms with Gasteiger partial charge in [-0.2, -0.15) is 0 Å². The molecule has 1 aliphatic carbocycles. The molecule has 0 spiro atoms. The minimum atomic E-state index is -0.985. The topological polar surface area (TPSA) is 104 Å². The number of anilines is 1. The van der Waals surface area contributed by atoms with Crippen LogP contribution in [0.3, 0.4) is 0 Å². The Labute approximate surface area is 159 Å². The molecular formula is C20H27N3O4. The van der Waals surface area contributed by atoms with Gasteiger partial charge in [-0.3, -0.25) is 14.4 Å². The van der Waals surface area contributed by atoms with E-state index in [1.165, 1.54) is 15.4 Å². The van der Waals surface area contributed by atoms with Crippen LogP contribution in [0.5, 0.6) is 0 Å². The summed E-state index contributed by atoms with van der Waals surface area (Å²) in [6.45, 7) is 0.627. The molecule has 146 valence electrons. The number of carbonyl (C=O) groups excluding carboxylic acids is 2. The Hall–Kier alpha value is -2.41. The van der Waals surface area contributed by atoms with Gasteiger partial charge in [0.15, 0.2) is 0 Å². The monoisotopic (exact) mass is 373 g/mol. The summed E-state index contributed by atoms with van der Waals surface area (Å²) in [5, 5.41) is 8.93. The standard InChI is InChI=1S/C20H27N3O4/c1-22-17-11-14-5-4-13(3-2-7-21)9-15(14)10-16(17)20(27)23(12-18(22)24)8-6-19(25)26/h10-11,13H,2-9,12,21H2,1H3,(H,25,26). The molecule has 1 aromatic rings. The summed E-state index contributed by atoms with van der Waals surface area (Å²) in [4.78, 5) is 39.3. The van der Waals surface area contributed by atoms with Crippen LogP contribution in [-0.4, -0.2) is 54.5 Å². The molecule has 0 saturated carbocycles. The number of nitrogens with zero attached hydrogens (tertiary/aromatic N) is 2. The molecule has 0 bridgehead atoms. The van der Waals surface area contributed by atoms with Gasteiger partial charge in [0.25, 0.3) is 5.91 Å². The van der Waals surface area contributed by atoms with Crippen LogP contribution in [-0.2, 0) is 22.4 Å². The number of carboxylic acids is 1. The summed E-state index contributed by atoms with van der Waals surface area (Å²) in [5.41, 5.74) is 9.11. The highest BCUT2D eigenvalue weighted by Crippen LogP contribution is 2.35. The maximum absolute atomic E-state index is 13.0. The van der Waals surface area contributed by atoms with Gasteiger partial charge < -0.3 is 20.6 Å². The number of carbonyl (C=O) groups is 3. The number of hydrogen-bond donors (Lipinski definition) is 2. The first-order valence-corrected chi connectivity index (χ1v) is 9.54. The van der Waals surface area contributed by atoms with Gasteiger partial charge in [0, 0.05) is 13.6 Å². The highest BCUT2D eigenvalue weighted by molar-refractivity contribution is 6.09. The zero-order valence-electron chi connectivity index (χ0n) is 15.7. The largest absolute Gasteiger partial charge is 0.481 e. The van der Waals surface area contributed by atoms with Crippen molar-refractivity contribution in [3.63, 3.8) is 0 Å². The molecule has 27 heavy (non-hydrogen) atoms. The Morgan fingerprint density at radius 3 is 2.78 bits per heavy atom. The summed E-state index contributed by atoms with van der Waals surface area (Å²) >= 11 is 0. The van der Waals surface area contributed by atoms with Crippen LogP contribution >= 0.6 is 0 Å². The zero-order chi connectivity index (χ0) is 19.6. The Balaban J connectivity index is 1.92. The first-order chi connectivity index (χ1) is 12.9. The van der Waals surface area contributed by atoms with Crippen LogP contribution in [0.15, 0.2) is 12.1 Å². The third-order valence-corrected chi connectivity index (χ3v) is 5.64. The second-order valence-electron chi connectivity index (χ2n) is 7.50. The van der Waals surface area contributed by atoms with Gasteiger partial charge in [0.1, 0.15) is 6.54 Å². The summed E-state index contributed by atoms with van der Waals surface area (Å²) in [6, 6.07) is 3.89. The Bertz CT molecular complexity index is 762. The number of likely N-dealkylation sites (N-methyl/N-ethyl adjacent to an activating group) is 1. The second kappa shape index (κ2) is 8.08. The maximum atomic E-state index is 13.0. The first kappa shape index (κ1) is 19.4. The van der Waals surface area contributed by atoms with Crippen LogP contribution in [0.4, 0.5) is 5.69 Å². The molecule has 3 rings (SSSR count). The van der Waals surface area contributed by atoms with Crippen molar-refractivity contribution >= 4 is 23.5 Å². The van der Waals surface area contributed by atoms with Crippen molar-refractivity contribution in [2.45, 2.75) is 38.5 Å². The van der Waals surface area contributed by atoms with Gasteiger partial charge in [-0.1, -0.05) is 0 Å². The molecule has 0 aromatic heterocycles. The SMILES string of the molecule is CN1C(=O)CN(CCC(=O)O)C(=O)c2cc3c(cc21)CCC(CCCN)C3. The quantitative estimate of drug-likeness (QED) is 0.785. The second-order valence-corrected chi connectivity index (χ2v) is 7.50. The lowest BCUT2D eigenvalue weighted by Crippen LogP contribution is -2.38. The van der Waals surface area contributed by atoms with Crippen molar-refractivity contribution in [2.75, 3.05) is 31.6 Å². The fourth-order valence-electron chi connectivity index (χ4n) is 4.03. The molecule has 0 fully saturated rings. The van der Waals surface area contributed by atoms with Crippen LogP contribution in [0.2, 0.25) is 0 Å². The minimum absolute atomic E-state index is 0.0311. The van der Waals surface area contributed by atoms with Crippen LogP contribution in [0.1, 0.15) is 47.2 Å². The van der Waals surface area contributed by atoms with E-state index in [9.17, 15) is 14.4 Å². The number of aryl methyl sites for hydroxylation is 1. The Kier molecular flexibility index (Phi) is 5.79. The molecule has 2 aliphatic rings. The number of benzene rings is 1. The van der Waals surface area contributed by atoms with Gasteiger partial charge >= 0.3 is 5.97 Å². The molecule has 1 aliphatic heterocycles. The van der Waals surface area contributed by atoms with E-state index in [1.54, 1.807) is 7.05 Å². The van der Waals surface area contributed by atoms with E-state index in [0.717, 1.165) is 37.7 Å². The average Bonchev–Trinajstić information content (AvgIpc) is 2.74. The molecule has 3 N–H and O–H groups in total. The number of rotatable bonds is 6. The molecule has 1 aromatic carbocycles. The maximum Gasteiger partial charge on any atom is 0.305 e. The lowest BCUT2D eigenvalue weighted by Gasteiger charge is -2.27. The van der Waals surface area contributed by atoms with Crippen molar-refractivity contribution in [3.8, 4) is 0 Å². The van der Waals surface area contributed by atoms with E-state index < -0.39 is 5.97 Å². The fourth-order valence-corrected chi connectivity index (χ4v) is 4.03. The molecule has 1 unspecified atom stereocenters. The van der Waals surface area contributed by atoms with Crippen molar-refractivity contribution in [1.82, 2.24) is 4.90 Å². The molecule has 0 saturated heterocycles. The van der Waals surface area contributed by atoms with Crippen molar-refractivity contribution in [2.24, 2.45) is 11.7 Å². The summed E-state index contributed by atoms with van der Waals surface area (Å²) < 4.78 is 0. The first-order valence-electron chi connectivity index (χ1n) is 9.54. The van der Waals surface area contributed by atoms with Crippen molar-refractivity contribution in [1.29, 1.82) is 0 Å². The lowest BCUT2D eigenvalue weighted by atomic mass is 9.80. The highest BCUT2D eigenvalue weighted by atomic mass is 16.4. The highest BCUT2D eigenvalue weighted by Gasteiger charge is 2.32. The van der Waals surface area contributed by atoms with Gasteiger partial charge in [-0.05, 0) is 67.8 Å². The number of carboxylic acid groups (broad SMARTS) is 1. The number of aliphatic carboxylic acids is 1. The molecule has 0 radical (unpaired) electrons. The average molecular weight is 373 g/mol. The normalized spacial score (nSPS) is 19.6. The van der Waals surface area contributed by atoms with Crippen molar-refractivity contribution in [3.05, 3.63) is 28.8 Å². The summed E-state index contributed by atoms with van der Waals surface area (Å²) in [7, 11) is 1.68. The van der Waals surface area contributed by atoms with E-state index in [2.05, 4.69) is 0 Å². The van der Waals surface area contributed by atoms with Gasteiger partial charge in [-0.25, -0.2) is 0 Å². The Morgan fingerprint density at radius 2 is 2.07 bits per heavy atom. The van der Waals surface area contributed by atoms with Gasteiger partial charge in [0.2, 0.25) is 5.91 Å². The Morgan fingerprint density at radius 1 is 1.30 bits per heavy atom. The molecule has 7 heteroatoms. The lowest BCUT2D eigenvalue weighted by molar-refractivity contribution is -0.137. The molecular weight excluding hydrogens is 346 g/mol. The fraction of sp³-hybridized carbons (Fsp3) is 0.550. The molecule has 1 atom stereocenters. The third-order valence-electron chi connectivity index (χ3n) is 5.64. The minimum Gasteiger partial charge on any atom is -0.481 e. The van der Waals surface area contributed by atoms with Gasteiger partial charge in [0.05, 0.1) is 17.7 Å².